The second-order valence-corrected chi connectivity index (χ2v) is 7.35. The quantitative estimate of drug-likeness (QED) is 0.859. The van der Waals surface area contributed by atoms with Crippen LogP contribution in [0.15, 0.2) is 36.7 Å². The van der Waals surface area contributed by atoms with Crippen LogP contribution in [0.25, 0.3) is 0 Å². The fourth-order valence-corrected chi connectivity index (χ4v) is 4.21. The van der Waals surface area contributed by atoms with E-state index >= 15 is 0 Å². The van der Waals surface area contributed by atoms with Gasteiger partial charge in [-0.1, -0.05) is 18.2 Å². The molecule has 0 atom stereocenters. The summed E-state index contributed by atoms with van der Waals surface area (Å²) in [6.45, 7) is 3.11. The van der Waals surface area contributed by atoms with Crippen molar-refractivity contribution < 1.29 is 9.59 Å². The number of hydrogen-bond acceptors (Lipinski definition) is 4. The molecule has 1 fully saturated rings. The summed E-state index contributed by atoms with van der Waals surface area (Å²) < 4.78 is 1.84. The number of amides is 2. The minimum Gasteiger partial charge on any atom is -0.368 e. The number of anilines is 1. The number of primary amides is 1. The molecule has 1 saturated heterocycles. The molecule has 0 aliphatic carbocycles. The molecule has 142 valence electrons. The molecule has 2 aliphatic heterocycles. The number of imidazole rings is 1. The second-order valence-electron chi connectivity index (χ2n) is 7.35. The summed E-state index contributed by atoms with van der Waals surface area (Å²) in [6.07, 6.45) is 6.32. The maximum absolute atomic E-state index is 12.8. The van der Waals surface area contributed by atoms with Gasteiger partial charge in [-0.15, -0.1) is 0 Å². The predicted octanol–water partition coefficient (Wildman–Crippen LogP) is 1.14. The van der Waals surface area contributed by atoms with E-state index in [0.717, 1.165) is 50.4 Å². The first kappa shape index (κ1) is 17.7. The van der Waals surface area contributed by atoms with E-state index < -0.39 is 0 Å². The number of hydrogen-bond donors (Lipinski definition) is 1. The van der Waals surface area contributed by atoms with Crippen LogP contribution < -0.4 is 10.6 Å². The third kappa shape index (κ3) is 3.73. The third-order valence-electron chi connectivity index (χ3n) is 5.57. The molecule has 0 radical (unpaired) electrons. The molecule has 2 N–H and O–H groups in total. The SMILES string of the molecule is NC(=O)Cn1ccnc1C1CCN(CC(=O)N2CCc3ccccc32)CC1. The van der Waals surface area contributed by atoms with Crippen LogP contribution >= 0.6 is 0 Å². The fraction of sp³-hybridized carbons (Fsp3) is 0.450. The van der Waals surface area contributed by atoms with E-state index in [1.165, 1.54) is 5.56 Å². The maximum atomic E-state index is 12.8. The summed E-state index contributed by atoms with van der Waals surface area (Å²) in [5, 5.41) is 0. The van der Waals surface area contributed by atoms with Gasteiger partial charge in [0.15, 0.2) is 0 Å². The lowest BCUT2D eigenvalue weighted by Crippen LogP contribution is -2.43. The van der Waals surface area contributed by atoms with Crippen LogP contribution in [0.1, 0.15) is 30.1 Å². The molecule has 1 aromatic carbocycles. The lowest BCUT2D eigenvalue weighted by molar-refractivity contribution is -0.120. The molecule has 2 amide bonds. The highest BCUT2D eigenvalue weighted by Gasteiger charge is 2.29. The number of piperidine rings is 1. The first-order valence-electron chi connectivity index (χ1n) is 9.52. The Balaban J connectivity index is 1.33. The number of nitrogens with zero attached hydrogens (tertiary/aromatic N) is 4. The van der Waals surface area contributed by atoms with Gasteiger partial charge in [0.25, 0.3) is 0 Å². The Kier molecular flexibility index (Phi) is 4.94. The van der Waals surface area contributed by atoms with Crippen molar-refractivity contribution in [1.82, 2.24) is 14.5 Å². The van der Waals surface area contributed by atoms with Crippen molar-refractivity contribution in [3.63, 3.8) is 0 Å². The van der Waals surface area contributed by atoms with Crippen LogP contribution in [0.3, 0.4) is 0 Å². The van der Waals surface area contributed by atoms with Crippen LogP contribution in [0.4, 0.5) is 5.69 Å². The molecule has 0 spiro atoms. The van der Waals surface area contributed by atoms with Crippen LogP contribution in [0.5, 0.6) is 0 Å². The third-order valence-corrected chi connectivity index (χ3v) is 5.57. The van der Waals surface area contributed by atoms with Crippen molar-refractivity contribution in [2.45, 2.75) is 31.7 Å². The van der Waals surface area contributed by atoms with Gasteiger partial charge in [-0.05, 0) is 44.0 Å². The summed E-state index contributed by atoms with van der Waals surface area (Å²) >= 11 is 0. The number of fused-ring (bicyclic) bond motifs is 1. The average Bonchev–Trinajstić information content (AvgIpc) is 3.29. The van der Waals surface area contributed by atoms with Crippen LogP contribution in [0, 0.1) is 0 Å². The standard InChI is InChI=1S/C20H25N5O2/c21-18(26)13-24-12-8-22-20(24)16-5-9-23(10-6-16)14-19(27)25-11-7-15-3-1-2-4-17(15)25/h1-4,8,12,16H,5-7,9-11,13-14H2,(H2,21,26). The van der Waals surface area contributed by atoms with Gasteiger partial charge >= 0.3 is 0 Å². The molecule has 3 heterocycles. The second kappa shape index (κ2) is 7.52. The van der Waals surface area contributed by atoms with Crippen LogP contribution in [-0.4, -0.2) is 52.4 Å². The van der Waals surface area contributed by atoms with Gasteiger partial charge in [0.2, 0.25) is 11.8 Å². The highest BCUT2D eigenvalue weighted by molar-refractivity contribution is 5.96. The summed E-state index contributed by atoms with van der Waals surface area (Å²) in [5.41, 5.74) is 7.63. The van der Waals surface area contributed by atoms with Gasteiger partial charge in [-0.3, -0.25) is 14.5 Å². The number of carbonyl (C=O) groups excluding carboxylic acids is 2. The van der Waals surface area contributed by atoms with E-state index in [4.69, 9.17) is 5.73 Å². The lowest BCUT2D eigenvalue weighted by Gasteiger charge is -2.32. The monoisotopic (exact) mass is 367 g/mol. The molecule has 7 heteroatoms. The normalized spacial score (nSPS) is 17.9. The number of para-hydroxylation sites is 1. The smallest absolute Gasteiger partial charge is 0.241 e. The molecular formula is C20H25N5O2. The zero-order valence-electron chi connectivity index (χ0n) is 15.4. The van der Waals surface area contributed by atoms with Crippen molar-refractivity contribution in [3.8, 4) is 0 Å². The van der Waals surface area contributed by atoms with E-state index in [1.807, 2.05) is 27.7 Å². The molecule has 2 aromatic rings. The molecule has 1 aromatic heterocycles. The van der Waals surface area contributed by atoms with Gasteiger partial charge in [0.05, 0.1) is 6.54 Å². The zero-order chi connectivity index (χ0) is 18.8. The summed E-state index contributed by atoms with van der Waals surface area (Å²) in [4.78, 5) is 32.6. The van der Waals surface area contributed by atoms with Gasteiger partial charge in [0.1, 0.15) is 12.4 Å². The fourth-order valence-electron chi connectivity index (χ4n) is 4.21. The molecule has 7 nitrogen and oxygen atoms in total. The number of carbonyl (C=O) groups is 2. The Bertz CT molecular complexity index is 838. The lowest BCUT2D eigenvalue weighted by atomic mass is 9.96. The molecule has 0 unspecified atom stereocenters. The Morgan fingerprint density at radius 2 is 1.89 bits per heavy atom. The van der Waals surface area contributed by atoms with E-state index in [-0.39, 0.29) is 18.4 Å². The number of benzene rings is 1. The minimum absolute atomic E-state index is 0.169. The molecule has 0 saturated carbocycles. The van der Waals surface area contributed by atoms with Crippen molar-refractivity contribution >= 4 is 17.5 Å². The Morgan fingerprint density at radius 1 is 1.11 bits per heavy atom. The molecule has 4 rings (SSSR count). The Hall–Kier alpha value is -2.67. The van der Waals surface area contributed by atoms with Crippen molar-refractivity contribution in [3.05, 3.63) is 48.0 Å². The van der Waals surface area contributed by atoms with Crippen LogP contribution in [-0.2, 0) is 22.6 Å². The number of likely N-dealkylation sites (tertiary alicyclic amines) is 1. The highest BCUT2D eigenvalue weighted by atomic mass is 16.2. The average molecular weight is 367 g/mol. The first-order chi connectivity index (χ1) is 13.1. The minimum atomic E-state index is -0.358. The van der Waals surface area contributed by atoms with E-state index in [2.05, 4.69) is 16.0 Å². The highest BCUT2D eigenvalue weighted by Crippen LogP contribution is 2.29. The zero-order valence-corrected chi connectivity index (χ0v) is 15.4. The number of nitrogens with two attached hydrogens (primary N) is 1. The number of rotatable bonds is 5. The first-order valence-corrected chi connectivity index (χ1v) is 9.52. The van der Waals surface area contributed by atoms with E-state index in [0.29, 0.717) is 12.5 Å². The molecular weight excluding hydrogens is 342 g/mol. The molecule has 27 heavy (non-hydrogen) atoms. The molecule has 2 aliphatic rings. The van der Waals surface area contributed by atoms with Gasteiger partial charge in [-0.25, -0.2) is 4.98 Å². The van der Waals surface area contributed by atoms with E-state index in [1.54, 1.807) is 12.4 Å². The Labute approximate surface area is 158 Å². The summed E-state index contributed by atoms with van der Waals surface area (Å²) in [5.74, 6) is 1.04. The maximum Gasteiger partial charge on any atom is 0.241 e. The van der Waals surface area contributed by atoms with Crippen LogP contribution in [0.2, 0.25) is 0 Å². The molecule has 0 bridgehead atoms. The van der Waals surface area contributed by atoms with Crippen molar-refractivity contribution in [2.75, 3.05) is 31.1 Å². The van der Waals surface area contributed by atoms with E-state index in [9.17, 15) is 9.59 Å². The van der Waals surface area contributed by atoms with Gasteiger partial charge < -0.3 is 15.2 Å². The Morgan fingerprint density at radius 3 is 2.67 bits per heavy atom. The number of aromatic nitrogens is 2. The topological polar surface area (TPSA) is 84.5 Å². The largest absolute Gasteiger partial charge is 0.368 e. The predicted molar refractivity (Wildman–Crippen MR) is 102 cm³/mol. The van der Waals surface area contributed by atoms with Crippen molar-refractivity contribution in [2.24, 2.45) is 5.73 Å². The summed E-state index contributed by atoms with van der Waals surface area (Å²) in [7, 11) is 0. The van der Waals surface area contributed by atoms with Gasteiger partial charge in [0, 0.05) is 30.5 Å². The van der Waals surface area contributed by atoms with Gasteiger partial charge in [-0.2, -0.15) is 0 Å². The van der Waals surface area contributed by atoms with Crippen molar-refractivity contribution in [1.29, 1.82) is 0 Å². The summed E-state index contributed by atoms with van der Waals surface area (Å²) in [6, 6.07) is 8.15.